The summed E-state index contributed by atoms with van der Waals surface area (Å²) in [6.07, 6.45) is 5.76. The number of rotatable bonds is 11. The first-order chi connectivity index (χ1) is 24.7. The fourth-order valence-electron chi connectivity index (χ4n) is 8.28. The first-order valence-electron chi connectivity index (χ1n) is 19.6. The van der Waals surface area contributed by atoms with Gasteiger partial charge in [0.15, 0.2) is 5.78 Å². The van der Waals surface area contributed by atoms with E-state index >= 15 is 0 Å². The van der Waals surface area contributed by atoms with Crippen molar-refractivity contribution in [1.82, 2.24) is 4.98 Å². The van der Waals surface area contributed by atoms with Crippen LogP contribution in [0.1, 0.15) is 134 Å². The summed E-state index contributed by atoms with van der Waals surface area (Å²) in [7, 11) is 0. The van der Waals surface area contributed by atoms with E-state index < -0.39 is 0 Å². The molecule has 0 unspecified atom stereocenters. The molecule has 2 heterocycles. The van der Waals surface area contributed by atoms with Gasteiger partial charge in [0.1, 0.15) is 11.3 Å². The third-order valence-electron chi connectivity index (χ3n) is 11.1. The number of aromatic nitrogens is 1. The molecule has 1 aliphatic carbocycles. The van der Waals surface area contributed by atoms with Crippen LogP contribution in [0.2, 0.25) is 0 Å². The Labute approximate surface area is 333 Å². The van der Waals surface area contributed by atoms with Gasteiger partial charge < -0.3 is 9.73 Å². The van der Waals surface area contributed by atoms with Crippen molar-refractivity contribution in [2.45, 2.75) is 133 Å². The van der Waals surface area contributed by atoms with E-state index in [-0.39, 0.29) is 43.3 Å². The maximum Gasteiger partial charge on any atom is 0.157 e. The molecule has 3 aromatic carbocycles. The van der Waals surface area contributed by atoms with Crippen molar-refractivity contribution in [2.24, 2.45) is 11.8 Å². The molecule has 5 heteroatoms. The minimum atomic E-state index is -0.217. The first kappa shape index (κ1) is 42.2. The average Bonchev–Trinajstić information content (AvgIpc) is 3.58. The summed E-state index contributed by atoms with van der Waals surface area (Å²) in [4.78, 5) is 17.4. The number of nitrogens with zero attached hydrogens (tertiary/aromatic N) is 2. The van der Waals surface area contributed by atoms with E-state index in [1.54, 1.807) is 0 Å². The molecule has 0 spiro atoms. The summed E-state index contributed by atoms with van der Waals surface area (Å²) in [5.41, 5.74) is 13.7. The molecule has 0 aliphatic heterocycles. The zero-order valence-corrected chi connectivity index (χ0v) is 36.8. The predicted octanol–water partition coefficient (Wildman–Crippen LogP) is 13.9. The van der Waals surface area contributed by atoms with Crippen molar-refractivity contribution in [3.63, 3.8) is 0 Å². The van der Waals surface area contributed by atoms with E-state index in [4.69, 9.17) is 9.40 Å². The SMILES string of the molecule is CCC(CC)C(=O)/C=C(\[N-]C(C)C)C(CC)CC.Cc1cc(C)c2c(C)cc(-c3[c-]ccc4c3C(C)(C)c3c-4oc4ccc(C(C)C)cc34)nc2c1.[Ir]. The summed E-state index contributed by atoms with van der Waals surface area (Å²) in [5.74, 6) is 2.31. The Bertz CT molecular complexity index is 2110. The van der Waals surface area contributed by atoms with Gasteiger partial charge in [0.05, 0.1) is 5.52 Å². The van der Waals surface area contributed by atoms with Crippen molar-refractivity contribution in [1.29, 1.82) is 0 Å². The number of allylic oxidation sites excluding steroid dienone is 2. The van der Waals surface area contributed by atoms with Crippen LogP contribution in [-0.4, -0.2) is 16.8 Å². The zero-order chi connectivity index (χ0) is 38.1. The molecule has 0 saturated carbocycles. The molecule has 0 saturated heterocycles. The van der Waals surface area contributed by atoms with Gasteiger partial charge in [-0.1, -0.05) is 106 Å². The molecule has 5 aromatic rings. The van der Waals surface area contributed by atoms with Crippen molar-refractivity contribution in [3.05, 3.63) is 105 Å². The van der Waals surface area contributed by atoms with Gasteiger partial charge in [0.25, 0.3) is 0 Å². The maximum absolute atomic E-state index is 12.2. The second-order valence-corrected chi connectivity index (χ2v) is 16.0. The van der Waals surface area contributed by atoms with Crippen molar-refractivity contribution >= 4 is 27.7 Å². The van der Waals surface area contributed by atoms with Gasteiger partial charge in [-0.05, 0) is 103 Å². The summed E-state index contributed by atoms with van der Waals surface area (Å²) < 4.78 is 6.49. The number of benzene rings is 3. The molecular formula is C48H60IrN2O2-2. The Balaban J connectivity index is 0.000000284. The number of aryl methyl sites for hydroxylation is 3. The van der Waals surface area contributed by atoms with Crippen molar-refractivity contribution < 1.29 is 29.3 Å². The van der Waals surface area contributed by atoms with Crippen molar-refractivity contribution in [2.75, 3.05) is 0 Å². The van der Waals surface area contributed by atoms with Gasteiger partial charge in [-0.15, -0.1) is 35.4 Å². The van der Waals surface area contributed by atoms with Gasteiger partial charge in [-0.3, -0.25) is 9.78 Å². The molecule has 2 aromatic heterocycles. The summed E-state index contributed by atoms with van der Waals surface area (Å²) >= 11 is 0. The molecule has 53 heavy (non-hydrogen) atoms. The molecule has 6 rings (SSSR count). The number of fused-ring (bicyclic) bond motifs is 6. The van der Waals surface area contributed by atoms with Gasteiger partial charge in [-0.2, -0.15) is 5.70 Å². The second-order valence-electron chi connectivity index (χ2n) is 16.0. The van der Waals surface area contributed by atoms with Crippen LogP contribution in [0.15, 0.2) is 64.7 Å². The standard InChI is InChI=1S/C32H30NO.C16H31NO.Ir/c1-17(2)21-11-12-27-24(16-21)30-31(34-27)23-10-8-9-22(29(23)32(30,6)7)25-15-20(5)28-19(4)13-18(3)14-26(28)33-25;1-7-13(8-2)15(17-12(5)6)11-16(18)14(9-3)10-4;/h8,10-17H,1-7H3;11-14H,7-10H2,1-6H3,(H,17,18);/q-1;;/p-1. The number of pyridine rings is 1. The number of carbonyl (C=O) groups excluding carboxylic acids is 1. The van der Waals surface area contributed by atoms with Crippen LogP contribution in [0.4, 0.5) is 0 Å². The second kappa shape index (κ2) is 17.3. The third kappa shape index (κ3) is 8.42. The summed E-state index contributed by atoms with van der Waals surface area (Å²) in [5, 5.41) is 7.12. The quantitative estimate of drug-likeness (QED) is 0.0981. The smallest absolute Gasteiger partial charge is 0.157 e. The van der Waals surface area contributed by atoms with E-state index in [1.807, 2.05) is 12.1 Å². The minimum absolute atomic E-state index is 0. The Hall–Kier alpha value is -3.53. The van der Waals surface area contributed by atoms with Crippen molar-refractivity contribution in [3.8, 4) is 22.6 Å². The van der Waals surface area contributed by atoms with Gasteiger partial charge in [0, 0.05) is 42.4 Å². The average molecular weight is 889 g/mol. The molecule has 0 bridgehead atoms. The number of ketones is 1. The van der Waals surface area contributed by atoms with Crippen LogP contribution in [0.3, 0.4) is 0 Å². The summed E-state index contributed by atoms with van der Waals surface area (Å²) in [6.45, 7) is 28.2. The number of hydrogen-bond acceptors (Lipinski definition) is 3. The Morgan fingerprint density at radius 2 is 1.51 bits per heavy atom. The molecule has 0 amide bonds. The largest absolute Gasteiger partial charge is 0.685 e. The number of furan rings is 1. The molecule has 1 aliphatic rings. The van der Waals surface area contributed by atoms with E-state index in [9.17, 15) is 4.79 Å². The van der Waals surface area contributed by atoms with Crippen LogP contribution in [0.5, 0.6) is 0 Å². The number of carbonyl (C=O) groups is 1. The van der Waals surface area contributed by atoms with E-state index in [2.05, 4.69) is 144 Å². The molecular weight excluding hydrogens is 829 g/mol. The fourth-order valence-corrected chi connectivity index (χ4v) is 8.28. The molecule has 1 radical (unpaired) electrons. The van der Waals surface area contributed by atoms with E-state index in [0.29, 0.717) is 11.8 Å². The van der Waals surface area contributed by atoms with E-state index in [0.717, 1.165) is 65.1 Å². The zero-order valence-electron chi connectivity index (χ0n) is 34.4. The topological polar surface area (TPSA) is 57.2 Å². The fraction of sp³-hybridized carbons (Fsp3) is 0.458. The molecule has 0 fully saturated rings. The Kier molecular flexibility index (Phi) is 13.8. The first-order valence-corrected chi connectivity index (χ1v) is 19.6. The van der Waals surface area contributed by atoms with Crippen LogP contribution >= 0.6 is 0 Å². The van der Waals surface area contributed by atoms with Gasteiger partial charge in [0.2, 0.25) is 0 Å². The number of hydrogen-bond donors (Lipinski definition) is 0. The van der Waals surface area contributed by atoms with Gasteiger partial charge in [-0.25, -0.2) is 0 Å². The Morgan fingerprint density at radius 1 is 0.868 bits per heavy atom. The van der Waals surface area contributed by atoms with Crippen LogP contribution in [0, 0.1) is 38.7 Å². The monoisotopic (exact) mass is 889 g/mol. The normalized spacial score (nSPS) is 13.4. The third-order valence-corrected chi connectivity index (χ3v) is 11.1. The molecule has 4 nitrogen and oxygen atoms in total. The van der Waals surface area contributed by atoms with E-state index in [1.165, 1.54) is 44.2 Å². The minimum Gasteiger partial charge on any atom is -0.685 e. The molecule has 0 N–H and O–H groups in total. The predicted molar refractivity (Wildman–Crippen MR) is 221 cm³/mol. The Morgan fingerprint density at radius 3 is 2.11 bits per heavy atom. The van der Waals surface area contributed by atoms with Crippen LogP contribution in [-0.2, 0) is 30.3 Å². The van der Waals surface area contributed by atoms with Crippen LogP contribution < -0.4 is 0 Å². The maximum atomic E-state index is 12.2. The molecule has 285 valence electrons. The summed E-state index contributed by atoms with van der Waals surface area (Å²) in [6, 6.07) is 21.3. The van der Waals surface area contributed by atoms with Gasteiger partial charge >= 0.3 is 0 Å². The molecule has 0 atom stereocenters. The van der Waals surface area contributed by atoms with Crippen LogP contribution in [0.25, 0.3) is 49.8 Å².